The first-order chi connectivity index (χ1) is 12.6. The molecule has 1 aliphatic carbocycles. The summed E-state index contributed by atoms with van der Waals surface area (Å²) in [4.78, 5) is 14.7. The Morgan fingerprint density at radius 3 is 2.88 bits per heavy atom. The molecule has 1 aromatic carbocycles. The molecule has 0 aromatic heterocycles. The van der Waals surface area contributed by atoms with Gasteiger partial charge in [0.2, 0.25) is 5.91 Å². The van der Waals surface area contributed by atoms with E-state index in [1.807, 2.05) is 30.0 Å². The monoisotopic (exact) mass is 349 g/mol. The molecule has 4 rings (SSSR count). The molecular formula is C23H27NO2. The molecular weight excluding hydrogens is 322 g/mol. The van der Waals surface area contributed by atoms with Crippen molar-refractivity contribution in [3.05, 3.63) is 41.5 Å². The van der Waals surface area contributed by atoms with Crippen LogP contribution < -0.4 is 0 Å². The highest BCUT2D eigenvalue weighted by molar-refractivity contribution is 5.82. The summed E-state index contributed by atoms with van der Waals surface area (Å²) in [6.45, 7) is 2.76. The van der Waals surface area contributed by atoms with Crippen LogP contribution >= 0.6 is 0 Å². The lowest BCUT2D eigenvalue weighted by Crippen LogP contribution is -2.61. The summed E-state index contributed by atoms with van der Waals surface area (Å²) in [7, 11) is 0. The van der Waals surface area contributed by atoms with E-state index in [-0.39, 0.29) is 5.91 Å². The van der Waals surface area contributed by atoms with Crippen LogP contribution in [0.4, 0.5) is 0 Å². The van der Waals surface area contributed by atoms with Gasteiger partial charge in [0, 0.05) is 19.4 Å². The average Bonchev–Trinajstić information content (AvgIpc) is 3.01. The number of aliphatic hydroxyl groups is 1. The molecule has 136 valence electrons. The van der Waals surface area contributed by atoms with Gasteiger partial charge in [-0.15, -0.1) is 5.92 Å². The van der Waals surface area contributed by atoms with Crippen molar-refractivity contribution in [2.75, 3.05) is 6.54 Å². The van der Waals surface area contributed by atoms with Gasteiger partial charge < -0.3 is 10.0 Å². The Balaban J connectivity index is 1.88. The molecule has 2 saturated heterocycles. The van der Waals surface area contributed by atoms with Gasteiger partial charge in [-0.05, 0) is 42.7 Å². The third-order valence-corrected chi connectivity index (χ3v) is 6.51. The van der Waals surface area contributed by atoms with Crippen molar-refractivity contribution in [3.8, 4) is 11.8 Å². The molecule has 2 heterocycles. The summed E-state index contributed by atoms with van der Waals surface area (Å²) in [5.41, 5.74) is 0.294. The lowest BCUT2D eigenvalue weighted by Gasteiger charge is -2.45. The molecule has 0 radical (unpaired) electrons. The largest absolute Gasteiger partial charge is 0.371 e. The van der Waals surface area contributed by atoms with Crippen molar-refractivity contribution >= 4 is 12.0 Å². The Morgan fingerprint density at radius 2 is 2.12 bits per heavy atom. The summed E-state index contributed by atoms with van der Waals surface area (Å²) < 4.78 is 0. The van der Waals surface area contributed by atoms with Crippen LogP contribution in [0.1, 0.15) is 57.4 Å². The highest BCUT2D eigenvalue weighted by atomic mass is 16.3. The molecule has 3 atom stereocenters. The van der Waals surface area contributed by atoms with E-state index in [1.165, 1.54) is 0 Å². The Kier molecular flexibility index (Phi) is 4.40. The smallest absolute Gasteiger partial charge is 0.223 e. The number of hydrogen-bond donors (Lipinski definition) is 1. The van der Waals surface area contributed by atoms with E-state index in [2.05, 4.69) is 30.0 Å². The molecule has 3 aliphatic rings. The third kappa shape index (κ3) is 2.43. The highest BCUT2D eigenvalue weighted by Crippen LogP contribution is 2.58. The molecule has 1 spiro atoms. The van der Waals surface area contributed by atoms with Gasteiger partial charge in [0.05, 0.1) is 5.54 Å². The zero-order valence-electron chi connectivity index (χ0n) is 15.5. The molecule has 26 heavy (non-hydrogen) atoms. The van der Waals surface area contributed by atoms with Gasteiger partial charge in [-0.25, -0.2) is 0 Å². The normalized spacial score (nSPS) is 34.8. The fourth-order valence-electron chi connectivity index (χ4n) is 5.39. The van der Waals surface area contributed by atoms with Gasteiger partial charge >= 0.3 is 0 Å². The van der Waals surface area contributed by atoms with Gasteiger partial charge in [0.15, 0.2) is 5.60 Å². The Morgan fingerprint density at radius 1 is 1.31 bits per heavy atom. The average molecular weight is 349 g/mol. The number of carbonyl (C=O) groups excluding carboxylic acids is 1. The van der Waals surface area contributed by atoms with E-state index in [1.54, 1.807) is 0 Å². The van der Waals surface area contributed by atoms with E-state index >= 15 is 0 Å². The van der Waals surface area contributed by atoms with E-state index in [4.69, 9.17) is 0 Å². The first-order valence-electron chi connectivity index (χ1n) is 9.91. The van der Waals surface area contributed by atoms with E-state index in [9.17, 15) is 9.90 Å². The van der Waals surface area contributed by atoms with Crippen LogP contribution in [0.25, 0.3) is 6.08 Å². The highest BCUT2D eigenvalue weighted by Gasteiger charge is 2.67. The van der Waals surface area contributed by atoms with E-state index < -0.39 is 11.1 Å². The number of nitrogens with zero attached hydrogens (tertiary/aromatic N) is 1. The number of benzene rings is 1. The molecule has 3 heteroatoms. The van der Waals surface area contributed by atoms with Crippen molar-refractivity contribution in [2.24, 2.45) is 5.92 Å². The maximum atomic E-state index is 12.7. The minimum absolute atomic E-state index is 0.189. The first kappa shape index (κ1) is 17.4. The zero-order chi connectivity index (χ0) is 18.2. The summed E-state index contributed by atoms with van der Waals surface area (Å²) in [5.74, 6) is 6.86. The van der Waals surface area contributed by atoms with E-state index in [0.29, 0.717) is 18.8 Å². The van der Waals surface area contributed by atoms with Crippen LogP contribution in [-0.4, -0.2) is 33.6 Å². The second-order valence-electron chi connectivity index (χ2n) is 7.81. The summed E-state index contributed by atoms with van der Waals surface area (Å²) in [6, 6.07) is 10.1. The molecule has 1 aromatic rings. The molecule has 1 saturated carbocycles. The van der Waals surface area contributed by atoms with Crippen LogP contribution in [0.5, 0.6) is 0 Å². The zero-order valence-corrected chi connectivity index (χ0v) is 15.5. The molecule has 1 amide bonds. The van der Waals surface area contributed by atoms with E-state index in [0.717, 1.165) is 49.8 Å². The topological polar surface area (TPSA) is 40.5 Å². The maximum absolute atomic E-state index is 12.7. The maximum Gasteiger partial charge on any atom is 0.223 e. The second-order valence-corrected chi connectivity index (χ2v) is 7.81. The predicted octanol–water partition coefficient (Wildman–Crippen LogP) is 3.78. The Labute approximate surface area is 156 Å². The van der Waals surface area contributed by atoms with Gasteiger partial charge in [0.1, 0.15) is 0 Å². The molecule has 3 unspecified atom stereocenters. The quantitative estimate of drug-likeness (QED) is 0.784. The van der Waals surface area contributed by atoms with Gasteiger partial charge in [0.25, 0.3) is 0 Å². The Bertz CT molecular complexity index is 787. The van der Waals surface area contributed by atoms with Gasteiger partial charge in [-0.1, -0.05) is 55.7 Å². The van der Waals surface area contributed by atoms with Crippen LogP contribution in [0.2, 0.25) is 0 Å². The summed E-state index contributed by atoms with van der Waals surface area (Å²) >= 11 is 0. The fraction of sp³-hybridized carbons (Fsp3) is 0.522. The number of carbonyl (C=O) groups is 1. The molecule has 3 fully saturated rings. The standard InChI is InChI=1S/C23H27NO2/c1-2-3-13-23(26)20(16-18-9-5-4-6-10-18)17-19-11-7-8-15-24-21(25)12-14-22(19,23)24/h4-6,9-10,16,19,26H,2,7-8,11-12,14-15,17H2,1H3/b20-16+. The van der Waals surface area contributed by atoms with Gasteiger partial charge in [-0.3, -0.25) is 4.79 Å². The predicted molar refractivity (Wildman–Crippen MR) is 103 cm³/mol. The van der Waals surface area contributed by atoms with Crippen molar-refractivity contribution in [1.29, 1.82) is 0 Å². The molecule has 3 nitrogen and oxygen atoms in total. The third-order valence-electron chi connectivity index (χ3n) is 6.51. The minimum Gasteiger partial charge on any atom is -0.371 e. The van der Waals surface area contributed by atoms with Crippen molar-refractivity contribution < 1.29 is 9.90 Å². The SMILES string of the molecule is CCC#CC1(O)/C(=C/c2ccccc2)CC2CCCCN3C(=O)CCC231. The van der Waals surface area contributed by atoms with Crippen LogP contribution in [-0.2, 0) is 4.79 Å². The number of amides is 1. The van der Waals surface area contributed by atoms with Crippen molar-refractivity contribution in [1.82, 2.24) is 4.90 Å². The molecule has 2 aliphatic heterocycles. The van der Waals surface area contributed by atoms with Crippen LogP contribution in [0.3, 0.4) is 0 Å². The lowest BCUT2D eigenvalue weighted by atomic mass is 9.73. The second kappa shape index (κ2) is 6.59. The van der Waals surface area contributed by atoms with Gasteiger partial charge in [-0.2, -0.15) is 0 Å². The fourth-order valence-corrected chi connectivity index (χ4v) is 5.39. The Hall–Kier alpha value is -2.05. The van der Waals surface area contributed by atoms with Crippen molar-refractivity contribution in [2.45, 2.75) is 63.0 Å². The summed E-state index contributed by atoms with van der Waals surface area (Å²) in [6.07, 6.45) is 8.09. The molecule has 1 N–H and O–H groups in total. The summed E-state index contributed by atoms with van der Waals surface area (Å²) in [5, 5.41) is 12.0. The van der Waals surface area contributed by atoms with Crippen molar-refractivity contribution in [3.63, 3.8) is 0 Å². The lowest BCUT2D eigenvalue weighted by molar-refractivity contribution is -0.136. The van der Waals surface area contributed by atoms with Crippen LogP contribution in [0, 0.1) is 17.8 Å². The minimum atomic E-state index is -1.24. The van der Waals surface area contributed by atoms with Crippen LogP contribution in [0.15, 0.2) is 35.9 Å². The first-order valence-corrected chi connectivity index (χ1v) is 9.91. The molecule has 0 bridgehead atoms. The number of rotatable bonds is 1. The number of hydrogen-bond acceptors (Lipinski definition) is 2.